The van der Waals surface area contributed by atoms with E-state index < -0.39 is 42.5 Å². The largest absolute Gasteiger partial charge is 0.351 e. The Morgan fingerprint density at radius 3 is 2.60 bits per heavy atom. The van der Waals surface area contributed by atoms with Crippen molar-refractivity contribution in [3.05, 3.63) is 35.4 Å². The number of carbonyl (C=O) groups is 1. The van der Waals surface area contributed by atoms with Crippen LogP contribution in [0.4, 0.5) is 17.6 Å². The van der Waals surface area contributed by atoms with Crippen LogP contribution in [0.15, 0.2) is 18.2 Å². The summed E-state index contributed by atoms with van der Waals surface area (Å²) in [5.74, 6) is -5.46. The Balaban J connectivity index is 0.00000200. The normalized spacial score (nSPS) is 20.3. The Labute approximate surface area is 119 Å². The van der Waals surface area contributed by atoms with Gasteiger partial charge in [-0.3, -0.25) is 10.1 Å². The molecule has 1 aliphatic rings. The molecule has 1 aromatic carbocycles. The molecule has 0 saturated carbocycles. The molecule has 0 spiro atoms. The molecule has 1 atom stereocenters. The lowest BCUT2D eigenvalue weighted by Gasteiger charge is -2.11. The number of hydrogen-bond acceptors (Lipinski definition) is 2. The molecule has 1 aliphatic heterocycles. The number of hydrogen-bond donors (Lipinski definition) is 2. The molecule has 112 valence electrons. The van der Waals surface area contributed by atoms with Gasteiger partial charge in [0.1, 0.15) is 0 Å². The highest BCUT2D eigenvalue weighted by atomic mass is 35.5. The van der Waals surface area contributed by atoms with E-state index in [1.807, 2.05) is 0 Å². The number of alkyl halides is 2. The van der Waals surface area contributed by atoms with E-state index in [1.165, 1.54) is 6.07 Å². The van der Waals surface area contributed by atoms with E-state index in [2.05, 4.69) is 10.6 Å². The van der Waals surface area contributed by atoms with Gasteiger partial charge in [-0.2, -0.15) is 0 Å². The van der Waals surface area contributed by atoms with E-state index in [0.717, 1.165) is 12.1 Å². The fourth-order valence-corrected chi connectivity index (χ4v) is 1.86. The SMILES string of the molecule is Cl.O=C(NCc1ccc(F)c(F)c1)C1CC(F)(F)CN1. The second-order valence-corrected chi connectivity index (χ2v) is 4.46. The van der Waals surface area contributed by atoms with E-state index in [-0.39, 0.29) is 19.0 Å². The van der Waals surface area contributed by atoms with Gasteiger partial charge in [-0.15, -0.1) is 12.4 Å². The third kappa shape index (κ3) is 4.08. The van der Waals surface area contributed by atoms with Crippen LogP contribution in [0.25, 0.3) is 0 Å². The number of halogens is 5. The summed E-state index contributed by atoms with van der Waals surface area (Å²) in [6.07, 6.45) is -0.559. The standard InChI is InChI=1S/C12H12F4N2O.ClH/c13-8-2-1-7(3-9(8)14)5-17-11(19)10-4-12(15,16)6-18-10;/h1-3,10,18H,4-6H2,(H,17,19);1H. The summed E-state index contributed by atoms with van der Waals surface area (Å²) in [4.78, 5) is 11.6. The molecule has 1 fully saturated rings. The molecule has 3 nitrogen and oxygen atoms in total. The lowest BCUT2D eigenvalue weighted by molar-refractivity contribution is -0.123. The van der Waals surface area contributed by atoms with Crippen LogP contribution in [0.3, 0.4) is 0 Å². The monoisotopic (exact) mass is 312 g/mol. The van der Waals surface area contributed by atoms with E-state index in [9.17, 15) is 22.4 Å². The molecule has 1 aromatic rings. The third-order valence-corrected chi connectivity index (χ3v) is 2.88. The second kappa shape index (κ2) is 6.41. The lowest BCUT2D eigenvalue weighted by Crippen LogP contribution is -2.40. The van der Waals surface area contributed by atoms with E-state index in [4.69, 9.17) is 0 Å². The summed E-state index contributed by atoms with van der Waals surface area (Å²) < 4.78 is 51.3. The van der Waals surface area contributed by atoms with Crippen molar-refractivity contribution in [3.8, 4) is 0 Å². The Bertz CT molecular complexity index is 498. The highest BCUT2D eigenvalue weighted by Crippen LogP contribution is 2.25. The lowest BCUT2D eigenvalue weighted by atomic mass is 10.1. The van der Waals surface area contributed by atoms with Gasteiger partial charge in [-0.1, -0.05) is 6.07 Å². The van der Waals surface area contributed by atoms with Gasteiger partial charge in [0.05, 0.1) is 12.6 Å². The van der Waals surface area contributed by atoms with E-state index in [1.54, 1.807) is 0 Å². The first-order valence-corrected chi connectivity index (χ1v) is 5.70. The average molecular weight is 313 g/mol. The molecule has 20 heavy (non-hydrogen) atoms. The predicted molar refractivity (Wildman–Crippen MR) is 66.8 cm³/mol. The molecule has 0 radical (unpaired) electrons. The van der Waals surface area contributed by atoms with Crippen molar-refractivity contribution >= 4 is 18.3 Å². The summed E-state index contributed by atoms with van der Waals surface area (Å²) in [5.41, 5.74) is 0.358. The third-order valence-electron chi connectivity index (χ3n) is 2.88. The van der Waals surface area contributed by atoms with Gasteiger partial charge in [-0.05, 0) is 17.7 Å². The Hall–Kier alpha value is -1.34. The van der Waals surface area contributed by atoms with Gasteiger partial charge in [0.25, 0.3) is 5.92 Å². The Morgan fingerprint density at radius 1 is 1.35 bits per heavy atom. The van der Waals surface area contributed by atoms with Crippen molar-refractivity contribution in [2.24, 2.45) is 0 Å². The van der Waals surface area contributed by atoms with Crippen molar-refractivity contribution in [3.63, 3.8) is 0 Å². The first kappa shape index (κ1) is 16.7. The second-order valence-electron chi connectivity index (χ2n) is 4.46. The van der Waals surface area contributed by atoms with Crippen LogP contribution < -0.4 is 10.6 Å². The highest BCUT2D eigenvalue weighted by molar-refractivity contribution is 5.85. The van der Waals surface area contributed by atoms with Crippen molar-refractivity contribution in [2.45, 2.75) is 24.9 Å². The number of nitrogens with one attached hydrogen (secondary N) is 2. The first-order chi connectivity index (χ1) is 8.87. The van der Waals surface area contributed by atoms with Gasteiger partial charge in [-0.25, -0.2) is 17.6 Å². The number of rotatable bonds is 3. The van der Waals surface area contributed by atoms with Crippen LogP contribution in [-0.2, 0) is 11.3 Å². The summed E-state index contributed by atoms with van der Waals surface area (Å²) in [5, 5.41) is 4.81. The average Bonchev–Trinajstić information content (AvgIpc) is 2.71. The molecular weight excluding hydrogens is 300 g/mol. The first-order valence-electron chi connectivity index (χ1n) is 5.70. The summed E-state index contributed by atoms with van der Waals surface area (Å²) in [6.45, 7) is -0.573. The van der Waals surface area contributed by atoms with Gasteiger partial charge in [0, 0.05) is 13.0 Å². The molecule has 2 rings (SSSR count). The fourth-order valence-electron chi connectivity index (χ4n) is 1.86. The van der Waals surface area contributed by atoms with Crippen LogP contribution in [0, 0.1) is 11.6 Å². The van der Waals surface area contributed by atoms with Crippen LogP contribution in [0.2, 0.25) is 0 Å². The van der Waals surface area contributed by atoms with Gasteiger partial charge >= 0.3 is 0 Å². The zero-order valence-electron chi connectivity index (χ0n) is 10.3. The Kier molecular flexibility index (Phi) is 5.35. The van der Waals surface area contributed by atoms with Crippen molar-refractivity contribution < 1.29 is 22.4 Å². The van der Waals surface area contributed by atoms with Gasteiger partial charge in [0.15, 0.2) is 11.6 Å². The summed E-state index contributed by atoms with van der Waals surface area (Å²) >= 11 is 0. The van der Waals surface area contributed by atoms with Crippen molar-refractivity contribution in [2.75, 3.05) is 6.54 Å². The van der Waals surface area contributed by atoms with E-state index in [0.29, 0.717) is 5.56 Å². The molecule has 0 aliphatic carbocycles. The minimum absolute atomic E-state index is 0. The zero-order valence-corrected chi connectivity index (χ0v) is 11.1. The molecule has 0 bridgehead atoms. The maximum absolute atomic E-state index is 12.9. The van der Waals surface area contributed by atoms with Gasteiger partial charge < -0.3 is 5.32 Å². The quantitative estimate of drug-likeness (QED) is 0.838. The molecule has 1 saturated heterocycles. The van der Waals surface area contributed by atoms with Crippen LogP contribution in [0.1, 0.15) is 12.0 Å². The fraction of sp³-hybridized carbons (Fsp3) is 0.417. The topological polar surface area (TPSA) is 41.1 Å². The molecule has 1 unspecified atom stereocenters. The number of benzene rings is 1. The molecule has 8 heteroatoms. The zero-order chi connectivity index (χ0) is 14.0. The predicted octanol–water partition coefficient (Wildman–Crippen LogP) is 2.00. The summed E-state index contributed by atoms with van der Waals surface area (Å²) in [7, 11) is 0. The maximum atomic E-state index is 12.9. The van der Waals surface area contributed by atoms with Crippen molar-refractivity contribution in [1.82, 2.24) is 10.6 Å². The maximum Gasteiger partial charge on any atom is 0.262 e. The highest BCUT2D eigenvalue weighted by Gasteiger charge is 2.42. The molecule has 1 heterocycles. The Morgan fingerprint density at radius 2 is 2.05 bits per heavy atom. The minimum atomic E-state index is -2.88. The minimum Gasteiger partial charge on any atom is -0.351 e. The van der Waals surface area contributed by atoms with Crippen LogP contribution in [-0.4, -0.2) is 24.4 Å². The molecule has 0 aromatic heterocycles. The van der Waals surface area contributed by atoms with Gasteiger partial charge in [0.2, 0.25) is 5.91 Å². The van der Waals surface area contributed by atoms with Crippen LogP contribution >= 0.6 is 12.4 Å². The van der Waals surface area contributed by atoms with Crippen LogP contribution in [0.5, 0.6) is 0 Å². The number of carbonyl (C=O) groups excluding carboxylic acids is 1. The molecular formula is C12H13ClF4N2O. The summed E-state index contributed by atoms with van der Waals surface area (Å²) in [6, 6.07) is 2.25. The van der Waals surface area contributed by atoms with E-state index >= 15 is 0 Å². The molecule has 2 N–H and O–H groups in total. The van der Waals surface area contributed by atoms with Crippen molar-refractivity contribution in [1.29, 1.82) is 0 Å². The number of amides is 1. The molecule has 1 amide bonds. The smallest absolute Gasteiger partial charge is 0.262 e.